The van der Waals surface area contributed by atoms with Gasteiger partial charge in [0.15, 0.2) is 0 Å². The lowest BCUT2D eigenvalue weighted by Gasteiger charge is -2.05. The highest BCUT2D eigenvalue weighted by Crippen LogP contribution is 2.25. The van der Waals surface area contributed by atoms with Gasteiger partial charge in [-0.2, -0.15) is 0 Å². The molecule has 7 heteroatoms. The highest BCUT2D eigenvalue weighted by molar-refractivity contribution is 7.13. The van der Waals surface area contributed by atoms with Crippen LogP contribution in [0.2, 0.25) is 0 Å². The fraction of sp³-hybridized carbons (Fsp3) is 0.167. The van der Waals surface area contributed by atoms with E-state index in [1.165, 1.54) is 18.3 Å². The zero-order chi connectivity index (χ0) is 18.0. The second kappa shape index (κ2) is 6.90. The van der Waals surface area contributed by atoms with Crippen LogP contribution in [-0.4, -0.2) is 21.4 Å². The summed E-state index contributed by atoms with van der Waals surface area (Å²) >= 11 is 1.44. The van der Waals surface area contributed by atoms with Crippen LogP contribution in [0.25, 0.3) is 10.7 Å². The number of anilines is 2. The van der Waals surface area contributed by atoms with Crippen LogP contribution in [0.4, 0.5) is 11.4 Å². The van der Waals surface area contributed by atoms with Gasteiger partial charge < -0.3 is 15.2 Å². The number of aryl methyl sites for hydroxylation is 1. The molecule has 3 aromatic rings. The molecule has 0 saturated heterocycles. The first-order valence-electron chi connectivity index (χ1n) is 7.71. The molecule has 2 aromatic heterocycles. The first kappa shape index (κ1) is 16.9. The summed E-state index contributed by atoms with van der Waals surface area (Å²) in [5, 5.41) is 8.05. The molecule has 0 atom stereocenters. The number of rotatable bonds is 4. The largest absolute Gasteiger partial charge is 0.346 e. The lowest BCUT2D eigenvalue weighted by molar-refractivity contribution is -0.114. The van der Waals surface area contributed by atoms with Crippen LogP contribution in [0.15, 0.2) is 41.8 Å². The van der Waals surface area contributed by atoms with Crippen molar-refractivity contribution in [2.45, 2.75) is 13.8 Å². The number of hydrogen-bond acceptors (Lipinski definition) is 4. The second-order valence-corrected chi connectivity index (χ2v) is 6.53. The number of benzene rings is 1. The van der Waals surface area contributed by atoms with Gasteiger partial charge in [-0.25, -0.2) is 4.98 Å². The van der Waals surface area contributed by atoms with Gasteiger partial charge in [0.2, 0.25) is 5.91 Å². The number of nitrogens with one attached hydrogen (secondary N) is 2. The molecule has 3 rings (SSSR count). The monoisotopic (exact) mass is 354 g/mol. The molecule has 25 heavy (non-hydrogen) atoms. The molecule has 1 aromatic carbocycles. The molecule has 6 nitrogen and oxygen atoms in total. The van der Waals surface area contributed by atoms with Crippen LogP contribution >= 0.6 is 11.3 Å². The molecule has 2 amide bonds. The molecular formula is C18H18N4O2S. The SMILES string of the molecule is CC(=O)Nc1ccc(NC(=O)c2csc(-c3ccc(C)n3C)n2)cc1. The summed E-state index contributed by atoms with van der Waals surface area (Å²) in [4.78, 5) is 27.8. The van der Waals surface area contributed by atoms with E-state index in [-0.39, 0.29) is 11.8 Å². The van der Waals surface area contributed by atoms with Gasteiger partial charge in [0.25, 0.3) is 5.91 Å². The molecule has 0 aliphatic heterocycles. The second-order valence-electron chi connectivity index (χ2n) is 5.67. The van der Waals surface area contributed by atoms with Crippen molar-refractivity contribution in [1.29, 1.82) is 0 Å². The van der Waals surface area contributed by atoms with Crippen LogP contribution in [0, 0.1) is 6.92 Å². The van der Waals surface area contributed by atoms with E-state index in [9.17, 15) is 9.59 Å². The average Bonchev–Trinajstić information content (AvgIpc) is 3.17. The van der Waals surface area contributed by atoms with Gasteiger partial charge in [-0.3, -0.25) is 9.59 Å². The van der Waals surface area contributed by atoms with Crippen molar-refractivity contribution in [2.24, 2.45) is 7.05 Å². The summed E-state index contributed by atoms with van der Waals surface area (Å²) in [5.41, 5.74) is 3.82. The minimum Gasteiger partial charge on any atom is -0.346 e. The van der Waals surface area contributed by atoms with Crippen LogP contribution in [0.5, 0.6) is 0 Å². The molecule has 0 aliphatic carbocycles. The molecule has 0 unspecified atom stereocenters. The first-order chi connectivity index (χ1) is 11.9. The van der Waals surface area contributed by atoms with Crippen molar-refractivity contribution in [3.8, 4) is 10.7 Å². The number of aromatic nitrogens is 2. The fourth-order valence-electron chi connectivity index (χ4n) is 2.36. The Labute approximate surface area is 149 Å². The zero-order valence-corrected chi connectivity index (χ0v) is 15.0. The van der Waals surface area contributed by atoms with E-state index < -0.39 is 0 Å². The average molecular weight is 354 g/mol. The molecule has 0 radical (unpaired) electrons. The minimum absolute atomic E-state index is 0.136. The summed E-state index contributed by atoms with van der Waals surface area (Å²) in [5.74, 6) is -0.400. The van der Waals surface area contributed by atoms with Crippen LogP contribution in [0.1, 0.15) is 23.1 Å². The third-order valence-electron chi connectivity index (χ3n) is 3.79. The summed E-state index contributed by atoms with van der Waals surface area (Å²) < 4.78 is 2.04. The topological polar surface area (TPSA) is 76.0 Å². The molecule has 0 fully saturated rings. The van der Waals surface area contributed by atoms with Gasteiger partial charge in [-0.15, -0.1) is 11.3 Å². The highest BCUT2D eigenvalue weighted by atomic mass is 32.1. The lowest BCUT2D eigenvalue weighted by atomic mass is 10.2. The Kier molecular flexibility index (Phi) is 4.67. The van der Waals surface area contributed by atoms with Crippen molar-refractivity contribution >= 4 is 34.5 Å². The zero-order valence-electron chi connectivity index (χ0n) is 14.2. The van der Waals surface area contributed by atoms with Gasteiger partial charge >= 0.3 is 0 Å². The fourth-order valence-corrected chi connectivity index (χ4v) is 3.22. The van der Waals surface area contributed by atoms with E-state index in [1.807, 2.05) is 30.7 Å². The van der Waals surface area contributed by atoms with E-state index >= 15 is 0 Å². The van der Waals surface area contributed by atoms with Gasteiger partial charge in [0, 0.05) is 36.4 Å². The normalized spacial score (nSPS) is 10.5. The quantitative estimate of drug-likeness (QED) is 0.750. The predicted molar refractivity (Wildman–Crippen MR) is 100.0 cm³/mol. The maximum Gasteiger partial charge on any atom is 0.275 e. The predicted octanol–water partition coefficient (Wildman–Crippen LogP) is 3.67. The smallest absolute Gasteiger partial charge is 0.275 e. The van der Waals surface area contributed by atoms with Crippen molar-refractivity contribution < 1.29 is 9.59 Å². The van der Waals surface area contributed by atoms with Crippen molar-refractivity contribution in [3.63, 3.8) is 0 Å². The first-order valence-corrected chi connectivity index (χ1v) is 8.59. The Bertz CT molecular complexity index is 925. The Hall–Kier alpha value is -2.93. The maximum absolute atomic E-state index is 12.4. The van der Waals surface area contributed by atoms with Gasteiger partial charge in [0.05, 0.1) is 5.69 Å². The van der Waals surface area contributed by atoms with Gasteiger partial charge in [-0.1, -0.05) is 0 Å². The molecule has 2 N–H and O–H groups in total. The van der Waals surface area contributed by atoms with E-state index in [0.717, 1.165) is 16.4 Å². The molecular weight excluding hydrogens is 336 g/mol. The lowest BCUT2D eigenvalue weighted by Crippen LogP contribution is -2.12. The number of hydrogen-bond donors (Lipinski definition) is 2. The summed E-state index contributed by atoms with van der Waals surface area (Å²) in [6, 6.07) is 10.9. The van der Waals surface area contributed by atoms with E-state index in [4.69, 9.17) is 0 Å². The van der Waals surface area contributed by atoms with Crippen LogP contribution < -0.4 is 10.6 Å². The minimum atomic E-state index is -0.263. The highest BCUT2D eigenvalue weighted by Gasteiger charge is 2.14. The maximum atomic E-state index is 12.4. The Morgan fingerprint density at radius 1 is 1.04 bits per heavy atom. The molecule has 128 valence electrons. The van der Waals surface area contributed by atoms with Gasteiger partial charge in [0.1, 0.15) is 10.7 Å². The van der Waals surface area contributed by atoms with Crippen molar-refractivity contribution in [1.82, 2.24) is 9.55 Å². The van der Waals surface area contributed by atoms with E-state index in [2.05, 4.69) is 15.6 Å². The van der Waals surface area contributed by atoms with Gasteiger partial charge in [-0.05, 0) is 43.3 Å². The van der Waals surface area contributed by atoms with E-state index in [0.29, 0.717) is 17.1 Å². The standard InChI is InChI=1S/C18H18N4O2S/c1-11-4-9-16(22(11)3)18-21-15(10-25-18)17(24)20-14-7-5-13(6-8-14)19-12(2)23/h4-10H,1-3H3,(H,19,23)(H,20,24). The Morgan fingerprint density at radius 3 is 2.24 bits per heavy atom. The number of thiazole rings is 1. The molecule has 0 saturated carbocycles. The number of carbonyl (C=O) groups excluding carboxylic acids is 2. The summed E-state index contributed by atoms with van der Waals surface area (Å²) in [7, 11) is 1.97. The summed E-state index contributed by atoms with van der Waals surface area (Å²) in [6.07, 6.45) is 0. The molecule has 0 spiro atoms. The van der Waals surface area contributed by atoms with Crippen molar-refractivity contribution in [3.05, 3.63) is 53.2 Å². The molecule has 0 bridgehead atoms. The third-order valence-corrected chi connectivity index (χ3v) is 4.66. The van der Waals surface area contributed by atoms with Crippen LogP contribution in [0.3, 0.4) is 0 Å². The Morgan fingerprint density at radius 2 is 1.68 bits per heavy atom. The number of amides is 2. The number of nitrogens with zero attached hydrogens (tertiary/aromatic N) is 2. The Balaban J connectivity index is 1.72. The summed E-state index contributed by atoms with van der Waals surface area (Å²) in [6.45, 7) is 3.47. The number of carbonyl (C=O) groups is 2. The van der Waals surface area contributed by atoms with Crippen molar-refractivity contribution in [2.75, 3.05) is 10.6 Å². The molecule has 0 aliphatic rings. The third kappa shape index (κ3) is 3.77. The molecule has 2 heterocycles. The van der Waals surface area contributed by atoms with Crippen LogP contribution in [-0.2, 0) is 11.8 Å². The van der Waals surface area contributed by atoms with E-state index in [1.54, 1.807) is 29.6 Å².